The number of imidazole rings is 2. The molecule has 7 heteroatoms. The van der Waals surface area contributed by atoms with Crippen LogP contribution in [0.1, 0.15) is 17.0 Å². The first-order valence-corrected chi connectivity index (χ1v) is 8.78. The largest absolute Gasteiger partial charge is 0.332 e. The molecule has 0 N–H and O–H groups in total. The number of nitrogens with zero attached hydrogens (tertiary/aromatic N) is 5. The Kier molecular flexibility index (Phi) is 3.87. The summed E-state index contributed by atoms with van der Waals surface area (Å²) in [4.78, 5) is 30.7. The van der Waals surface area contributed by atoms with Gasteiger partial charge in [-0.3, -0.25) is 18.3 Å². The highest BCUT2D eigenvalue weighted by molar-refractivity contribution is 5.76. The van der Waals surface area contributed by atoms with Gasteiger partial charge >= 0.3 is 5.69 Å². The molecule has 0 bridgehead atoms. The van der Waals surface area contributed by atoms with Gasteiger partial charge in [0.1, 0.15) is 0 Å². The fraction of sp³-hybridized carbons (Fsp3) is 0.250. The van der Waals surface area contributed by atoms with Crippen molar-refractivity contribution in [1.29, 1.82) is 0 Å². The summed E-state index contributed by atoms with van der Waals surface area (Å²) in [6.07, 6.45) is 1.79. The van der Waals surface area contributed by atoms with E-state index in [0.29, 0.717) is 23.5 Å². The summed E-state index contributed by atoms with van der Waals surface area (Å²) >= 11 is 0. The number of allylic oxidation sites excluding steroid dienone is 1. The maximum atomic E-state index is 13.3. The Morgan fingerprint density at radius 3 is 2.44 bits per heavy atom. The predicted octanol–water partition coefficient (Wildman–Crippen LogP) is 2.00. The minimum absolute atomic E-state index is 0.223. The zero-order valence-corrected chi connectivity index (χ0v) is 15.6. The molecule has 4 aromatic rings. The molecule has 0 aliphatic heterocycles. The summed E-state index contributed by atoms with van der Waals surface area (Å²) in [6, 6.07) is 9.49. The second-order valence-corrected chi connectivity index (χ2v) is 6.71. The third-order valence-electron chi connectivity index (χ3n) is 5.13. The highest BCUT2D eigenvalue weighted by Crippen LogP contribution is 2.20. The van der Waals surface area contributed by atoms with E-state index < -0.39 is 0 Å². The van der Waals surface area contributed by atoms with Crippen molar-refractivity contribution < 1.29 is 0 Å². The summed E-state index contributed by atoms with van der Waals surface area (Å²) in [5.74, 6) is 0.643. The van der Waals surface area contributed by atoms with Crippen LogP contribution in [0.3, 0.4) is 0 Å². The van der Waals surface area contributed by atoms with Gasteiger partial charge in [-0.1, -0.05) is 36.4 Å². The molecule has 0 amide bonds. The van der Waals surface area contributed by atoms with Crippen LogP contribution in [0.2, 0.25) is 0 Å². The van der Waals surface area contributed by atoms with Gasteiger partial charge in [-0.2, -0.15) is 4.98 Å². The molecule has 0 fully saturated rings. The maximum absolute atomic E-state index is 13.3. The molecule has 0 radical (unpaired) electrons. The van der Waals surface area contributed by atoms with E-state index in [0.717, 1.165) is 17.0 Å². The third-order valence-corrected chi connectivity index (χ3v) is 5.13. The smallest absolute Gasteiger partial charge is 0.310 e. The van der Waals surface area contributed by atoms with E-state index in [1.165, 1.54) is 9.13 Å². The molecule has 3 aromatic heterocycles. The Morgan fingerprint density at radius 2 is 1.78 bits per heavy atom. The molecular weight excluding hydrogens is 342 g/mol. The van der Waals surface area contributed by atoms with Gasteiger partial charge in [-0.25, -0.2) is 4.79 Å². The fourth-order valence-corrected chi connectivity index (χ4v) is 3.57. The van der Waals surface area contributed by atoms with Gasteiger partial charge in [0.05, 0.1) is 6.54 Å². The van der Waals surface area contributed by atoms with E-state index in [1.54, 1.807) is 13.1 Å². The molecular formula is C20H21N5O2. The van der Waals surface area contributed by atoms with Gasteiger partial charge in [0, 0.05) is 25.0 Å². The number of aromatic nitrogens is 5. The summed E-state index contributed by atoms with van der Waals surface area (Å²) in [7, 11) is 1.65. The Labute approximate surface area is 155 Å². The predicted molar refractivity (Wildman–Crippen MR) is 105 cm³/mol. The molecule has 3 heterocycles. The lowest BCUT2D eigenvalue weighted by atomic mass is 10.2. The highest BCUT2D eigenvalue weighted by atomic mass is 16.2. The zero-order valence-electron chi connectivity index (χ0n) is 15.6. The maximum Gasteiger partial charge on any atom is 0.332 e. The SMILES string of the molecule is C=CCn1c(C)c(C)n2c3c(=O)n(Cc4ccccc4)c(=O)n(C)c3nc12. The molecule has 4 rings (SSSR count). The fourth-order valence-electron chi connectivity index (χ4n) is 3.57. The van der Waals surface area contributed by atoms with Crippen LogP contribution in [0.4, 0.5) is 0 Å². The molecule has 0 saturated heterocycles. The van der Waals surface area contributed by atoms with Gasteiger partial charge in [-0.05, 0) is 19.4 Å². The lowest BCUT2D eigenvalue weighted by molar-refractivity contribution is 0.656. The Hall–Kier alpha value is -3.35. The van der Waals surface area contributed by atoms with Gasteiger partial charge in [-0.15, -0.1) is 6.58 Å². The average molecular weight is 363 g/mol. The van der Waals surface area contributed by atoms with Crippen LogP contribution in [-0.2, 0) is 20.1 Å². The van der Waals surface area contributed by atoms with Crippen LogP contribution in [0, 0.1) is 13.8 Å². The van der Waals surface area contributed by atoms with Crippen LogP contribution in [0.25, 0.3) is 16.9 Å². The van der Waals surface area contributed by atoms with Crippen LogP contribution in [0.5, 0.6) is 0 Å². The molecule has 1 aromatic carbocycles. The van der Waals surface area contributed by atoms with Crippen molar-refractivity contribution in [2.45, 2.75) is 26.9 Å². The van der Waals surface area contributed by atoms with E-state index >= 15 is 0 Å². The van der Waals surface area contributed by atoms with Crippen molar-refractivity contribution in [3.8, 4) is 0 Å². The highest BCUT2D eigenvalue weighted by Gasteiger charge is 2.22. The van der Waals surface area contributed by atoms with E-state index in [9.17, 15) is 9.59 Å². The molecule has 0 aliphatic carbocycles. The van der Waals surface area contributed by atoms with Crippen molar-refractivity contribution in [1.82, 2.24) is 23.1 Å². The zero-order chi connectivity index (χ0) is 19.3. The average Bonchev–Trinajstić information content (AvgIpc) is 3.16. The minimum atomic E-state index is -0.373. The summed E-state index contributed by atoms with van der Waals surface area (Å²) in [5.41, 5.74) is 2.95. The minimum Gasteiger partial charge on any atom is -0.310 e. The Morgan fingerprint density at radius 1 is 1.07 bits per heavy atom. The van der Waals surface area contributed by atoms with Gasteiger partial charge in [0.25, 0.3) is 5.56 Å². The summed E-state index contributed by atoms with van der Waals surface area (Å²) in [6.45, 7) is 8.55. The van der Waals surface area contributed by atoms with Crippen LogP contribution in [-0.4, -0.2) is 23.1 Å². The number of hydrogen-bond donors (Lipinski definition) is 0. The molecule has 0 aliphatic rings. The number of rotatable bonds is 4. The van der Waals surface area contributed by atoms with Crippen LogP contribution in [0.15, 0.2) is 52.6 Å². The number of fused-ring (bicyclic) bond motifs is 3. The Bertz CT molecular complexity index is 1300. The van der Waals surface area contributed by atoms with Crippen molar-refractivity contribution in [3.63, 3.8) is 0 Å². The van der Waals surface area contributed by atoms with E-state index in [4.69, 9.17) is 0 Å². The molecule has 0 saturated carbocycles. The molecule has 27 heavy (non-hydrogen) atoms. The van der Waals surface area contributed by atoms with Gasteiger partial charge < -0.3 is 4.57 Å². The van der Waals surface area contributed by atoms with E-state index in [1.807, 2.05) is 53.1 Å². The quantitative estimate of drug-likeness (QED) is 0.521. The molecule has 0 atom stereocenters. The lowest BCUT2D eigenvalue weighted by Gasteiger charge is -2.08. The normalized spacial score (nSPS) is 11.5. The second-order valence-electron chi connectivity index (χ2n) is 6.71. The molecule has 138 valence electrons. The first-order valence-electron chi connectivity index (χ1n) is 8.78. The molecule has 0 spiro atoms. The van der Waals surface area contributed by atoms with Crippen molar-refractivity contribution in [3.05, 3.63) is 80.8 Å². The molecule has 0 unspecified atom stereocenters. The number of benzene rings is 1. The molecule has 7 nitrogen and oxygen atoms in total. The third kappa shape index (κ3) is 2.38. The first-order chi connectivity index (χ1) is 13.0. The summed E-state index contributed by atoms with van der Waals surface area (Å²) < 4.78 is 6.55. The van der Waals surface area contributed by atoms with Crippen LogP contribution < -0.4 is 11.2 Å². The van der Waals surface area contributed by atoms with Crippen molar-refractivity contribution in [2.75, 3.05) is 0 Å². The topological polar surface area (TPSA) is 66.2 Å². The summed E-state index contributed by atoms with van der Waals surface area (Å²) in [5, 5.41) is 0. The standard InChI is InChI=1S/C20H21N5O2/c1-5-11-23-13(2)14(3)25-16-17(21-19(23)25)22(4)20(27)24(18(16)26)12-15-9-7-6-8-10-15/h5-10H,1,11-12H2,2-4H3. The van der Waals surface area contributed by atoms with Gasteiger partial charge in [0.2, 0.25) is 5.78 Å². The van der Waals surface area contributed by atoms with Crippen molar-refractivity contribution in [2.24, 2.45) is 7.05 Å². The van der Waals surface area contributed by atoms with E-state index in [-0.39, 0.29) is 17.8 Å². The lowest BCUT2D eigenvalue weighted by Crippen LogP contribution is -2.39. The second kappa shape index (κ2) is 6.12. The van der Waals surface area contributed by atoms with E-state index in [2.05, 4.69) is 11.6 Å². The monoisotopic (exact) mass is 363 g/mol. The number of hydrogen-bond acceptors (Lipinski definition) is 3. The van der Waals surface area contributed by atoms with Crippen molar-refractivity contribution >= 4 is 16.9 Å². The first kappa shape index (κ1) is 17.1. The number of aryl methyl sites for hydroxylation is 2. The van der Waals surface area contributed by atoms with Gasteiger partial charge in [0.15, 0.2) is 11.2 Å². The Balaban J connectivity index is 2.10. The van der Waals surface area contributed by atoms with Crippen LogP contribution >= 0.6 is 0 Å².